The lowest BCUT2D eigenvalue weighted by Gasteiger charge is -2.37. The number of carbonyl (C=O) groups excluding carboxylic acids is 1. The van der Waals surface area contributed by atoms with Crippen LogP contribution in [0.2, 0.25) is 0 Å². The van der Waals surface area contributed by atoms with E-state index in [-0.39, 0.29) is 18.0 Å². The number of amides is 1. The lowest BCUT2D eigenvalue weighted by Crippen LogP contribution is -2.42. The van der Waals surface area contributed by atoms with Gasteiger partial charge < -0.3 is 20.9 Å². The maximum atomic E-state index is 13.1. The number of benzene rings is 2. The number of fused-ring (bicyclic) bond motifs is 2. The van der Waals surface area contributed by atoms with E-state index in [2.05, 4.69) is 91.4 Å². The number of aromatic amines is 1. The summed E-state index contributed by atoms with van der Waals surface area (Å²) >= 11 is 0. The Hall–Kier alpha value is -4.42. The van der Waals surface area contributed by atoms with E-state index in [1.807, 2.05) is 20.0 Å². The molecule has 4 rings (SSSR count). The van der Waals surface area contributed by atoms with E-state index in [9.17, 15) is 10.1 Å². The number of aromatic nitrogens is 3. The molecule has 2 unspecified atom stereocenters. The van der Waals surface area contributed by atoms with Gasteiger partial charge in [0.15, 0.2) is 5.82 Å². The van der Waals surface area contributed by atoms with E-state index < -0.39 is 5.41 Å². The Kier molecular flexibility index (Phi) is 11.1. The van der Waals surface area contributed by atoms with Gasteiger partial charge in [-0.05, 0) is 91.5 Å². The largest absolute Gasteiger partial charge is 0.388 e. The van der Waals surface area contributed by atoms with Gasteiger partial charge in [-0.1, -0.05) is 51.6 Å². The highest BCUT2D eigenvalue weighted by molar-refractivity contribution is 5.94. The molecule has 0 saturated heterocycles. The van der Waals surface area contributed by atoms with Crippen LogP contribution in [0.25, 0.3) is 5.70 Å². The lowest BCUT2D eigenvalue weighted by molar-refractivity contribution is 0.0827. The molecule has 1 aromatic heterocycles. The summed E-state index contributed by atoms with van der Waals surface area (Å²) in [6, 6.07) is 14.7. The molecule has 0 spiro atoms. The van der Waals surface area contributed by atoms with Crippen molar-refractivity contribution < 1.29 is 4.79 Å². The zero-order chi connectivity index (χ0) is 33.6. The molecule has 1 aliphatic carbocycles. The summed E-state index contributed by atoms with van der Waals surface area (Å²) in [6.45, 7) is 17.4. The maximum Gasteiger partial charge on any atom is 0.253 e. The van der Waals surface area contributed by atoms with E-state index in [0.717, 1.165) is 65.2 Å². The Morgan fingerprint density at radius 1 is 1.11 bits per heavy atom. The summed E-state index contributed by atoms with van der Waals surface area (Å²) in [4.78, 5) is 19.6. The Labute approximate surface area is 274 Å². The molecule has 1 amide bonds. The number of hydrogen-bond acceptors (Lipinski definition) is 7. The molecule has 46 heavy (non-hydrogen) atoms. The topological polar surface area (TPSA) is 122 Å². The van der Waals surface area contributed by atoms with Crippen LogP contribution in [-0.2, 0) is 18.3 Å². The molecule has 1 aliphatic rings. The third-order valence-corrected chi connectivity index (χ3v) is 9.22. The van der Waals surface area contributed by atoms with Crippen molar-refractivity contribution in [2.24, 2.45) is 5.92 Å². The minimum Gasteiger partial charge on any atom is -0.388 e. The number of rotatable bonds is 14. The quantitative estimate of drug-likeness (QED) is 0.194. The van der Waals surface area contributed by atoms with Gasteiger partial charge in [-0.25, -0.2) is 4.98 Å². The van der Waals surface area contributed by atoms with Crippen molar-refractivity contribution in [1.29, 1.82) is 5.26 Å². The number of H-pyrrole nitrogens is 1. The highest BCUT2D eigenvalue weighted by Crippen LogP contribution is 2.47. The molecule has 2 aromatic carbocycles. The average molecular weight is 623 g/mol. The first-order valence-electron chi connectivity index (χ1n) is 16.3. The van der Waals surface area contributed by atoms with Crippen LogP contribution in [0.1, 0.15) is 89.9 Å². The average Bonchev–Trinajstić information content (AvgIpc) is 3.44. The Balaban J connectivity index is 1.79. The monoisotopic (exact) mass is 622 g/mol. The molecule has 244 valence electrons. The van der Waals surface area contributed by atoms with Crippen molar-refractivity contribution in [3.63, 3.8) is 0 Å². The van der Waals surface area contributed by atoms with Gasteiger partial charge in [-0.2, -0.15) is 10.4 Å². The summed E-state index contributed by atoms with van der Waals surface area (Å²) in [7, 11) is 5.44. The fourth-order valence-electron chi connectivity index (χ4n) is 6.50. The van der Waals surface area contributed by atoms with Crippen LogP contribution >= 0.6 is 0 Å². The SMILES string of the molecule is C=C(CN[C@@H](C)CC1(c2n[nH]c(C)n2)c2ccc(C(=C)NC)cc2CCc2cc(C(=O)N(C)C)ccc21)NC(C#N)C[C@@H](C)CC. The number of aryl methyl sites for hydroxylation is 3. The summed E-state index contributed by atoms with van der Waals surface area (Å²) < 4.78 is 0. The molecule has 9 nitrogen and oxygen atoms in total. The van der Waals surface area contributed by atoms with Crippen LogP contribution in [-0.4, -0.2) is 65.8 Å². The minimum atomic E-state index is -0.710. The highest BCUT2D eigenvalue weighted by atomic mass is 16.2. The number of nitrogens with zero attached hydrogens (tertiary/aromatic N) is 4. The van der Waals surface area contributed by atoms with Gasteiger partial charge in [0.05, 0.1) is 11.5 Å². The van der Waals surface area contributed by atoms with Crippen LogP contribution in [0.3, 0.4) is 0 Å². The van der Waals surface area contributed by atoms with Gasteiger partial charge in [-0.15, -0.1) is 0 Å². The van der Waals surface area contributed by atoms with Crippen molar-refractivity contribution in [3.05, 3.63) is 100 Å². The standard InChI is InChI=1S/C37H50N8O/c1-10-23(2)17-32(21-38)41-25(4)22-40-24(3)20-37(36-42-27(6)43-44-36)33-15-13-28(26(5)39-7)18-29(33)11-12-30-19-31(14-16-34(30)37)35(46)45(8)9/h13-16,18-19,23-24,32,39-41H,4-5,10-12,17,20,22H2,1-3,6-9H3,(H,42,43,44)/t23-,24-,32?,37?/m0/s1. The summed E-state index contributed by atoms with van der Waals surface area (Å²) in [5.74, 6) is 1.87. The van der Waals surface area contributed by atoms with Gasteiger partial charge in [-0.3, -0.25) is 9.89 Å². The predicted molar refractivity (Wildman–Crippen MR) is 185 cm³/mol. The second-order valence-electron chi connectivity index (χ2n) is 13.0. The molecular weight excluding hydrogens is 572 g/mol. The third-order valence-electron chi connectivity index (χ3n) is 9.22. The number of nitrogens with one attached hydrogen (secondary N) is 4. The number of hydrogen-bond donors (Lipinski definition) is 4. The van der Waals surface area contributed by atoms with Crippen molar-refractivity contribution in [3.8, 4) is 6.07 Å². The Morgan fingerprint density at radius 2 is 1.74 bits per heavy atom. The molecule has 0 aliphatic heterocycles. The van der Waals surface area contributed by atoms with Gasteiger partial charge in [0.2, 0.25) is 0 Å². The van der Waals surface area contributed by atoms with Gasteiger partial charge >= 0.3 is 0 Å². The van der Waals surface area contributed by atoms with E-state index in [1.165, 1.54) is 5.56 Å². The molecular formula is C37H50N8O. The minimum absolute atomic E-state index is 0.00120. The summed E-state index contributed by atoms with van der Waals surface area (Å²) in [6.07, 6.45) is 4.03. The van der Waals surface area contributed by atoms with Gasteiger partial charge in [0, 0.05) is 50.7 Å². The van der Waals surface area contributed by atoms with Crippen LogP contribution in [0, 0.1) is 24.2 Å². The lowest BCUT2D eigenvalue weighted by atomic mass is 9.67. The van der Waals surface area contributed by atoms with Crippen molar-refractivity contribution >= 4 is 11.6 Å². The van der Waals surface area contributed by atoms with Crippen molar-refractivity contribution in [2.45, 2.75) is 77.3 Å². The zero-order valence-electron chi connectivity index (χ0n) is 28.6. The first kappa shape index (κ1) is 34.5. The first-order valence-corrected chi connectivity index (χ1v) is 16.3. The number of nitriles is 1. The molecule has 3 aromatic rings. The van der Waals surface area contributed by atoms with Crippen LogP contribution < -0.4 is 16.0 Å². The molecule has 9 heteroatoms. The molecule has 4 atom stereocenters. The van der Waals surface area contributed by atoms with E-state index >= 15 is 0 Å². The fourth-order valence-corrected chi connectivity index (χ4v) is 6.50. The number of carbonyl (C=O) groups is 1. The predicted octanol–water partition coefficient (Wildman–Crippen LogP) is 5.24. The second kappa shape index (κ2) is 14.8. The van der Waals surface area contributed by atoms with Gasteiger partial charge in [0.1, 0.15) is 11.9 Å². The normalized spacial score (nSPS) is 17.3. The summed E-state index contributed by atoms with van der Waals surface area (Å²) in [5, 5.41) is 27.8. The Morgan fingerprint density at radius 3 is 2.28 bits per heavy atom. The summed E-state index contributed by atoms with van der Waals surface area (Å²) in [5.41, 5.74) is 7.19. The highest BCUT2D eigenvalue weighted by Gasteiger charge is 2.45. The van der Waals surface area contributed by atoms with Crippen molar-refractivity contribution in [2.75, 3.05) is 27.7 Å². The van der Waals surface area contributed by atoms with Crippen molar-refractivity contribution in [1.82, 2.24) is 36.0 Å². The first-order chi connectivity index (χ1) is 21.9. The maximum absolute atomic E-state index is 13.1. The second-order valence-corrected chi connectivity index (χ2v) is 13.0. The van der Waals surface area contributed by atoms with Crippen LogP contribution in [0.15, 0.2) is 55.3 Å². The third kappa shape index (κ3) is 7.34. The van der Waals surface area contributed by atoms with Crippen LogP contribution in [0.4, 0.5) is 0 Å². The van der Waals surface area contributed by atoms with E-state index in [1.54, 1.807) is 19.0 Å². The molecule has 0 saturated carbocycles. The molecule has 1 heterocycles. The van der Waals surface area contributed by atoms with E-state index in [4.69, 9.17) is 10.1 Å². The zero-order valence-corrected chi connectivity index (χ0v) is 28.6. The van der Waals surface area contributed by atoms with Crippen LogP contribution in [0.5, 0.6) is 0 Å². The smallest absolute Gasteiger partial charge is 0.253 e. The molecule has 0 fully saturated rings. The molecule has 4 N–H and O–H groups in total. The Bertz CT molecular complexity index is 1620. The molecule has 0 bridgehead atoms. The fraction of sp³-hybridized carbons (Fsp3) is 0.459. The van der Waals surface area contributed by atoms with E-state index in [0.29, 0.717) is 30.3 Å². The molecule has 0 radical (unpaired) electrons. The van der Waals surface area contributed by atoms with Gasteiger partial charge in [0.25, 0.3) is 5.91 Å².